The molecular weight excluding hydrogens is 240 g/mol. The van der Waals surface area contributed by atoms with Gasteiger partial charge < -0.3 is 0 Å². The summed E-state index contributed by atoms with van der Waals surface area (Å²) in [6, 6.07) is 0. The van der Waals surface area contributed by atoms with Crippen LogP contribution in [0.15, 0.2) is 82.5 Å². The highest BCUT2D eigenvalue weighted by Crippen LogP contribution is 2.45. The van der Waals surface area contributed by atoms with Crippen LogP contribution < -0.4 is 0 Å². The zero-order valence-corrected chi connectivity index (χ0v) is 12.6. The highest BCUT2D eigenvalue weighted by Gasteiger charge is 2.31. The Hall–Kier alpha value is -1.82. The molecule has 0 aliphatic heterocycles. The molecule has 0 heteroatoms. The molecule has 0 aromatic heterocycles. The fourth-order valence-electron chi connectivity index (χ4n) is 3.50. The number of hydrogen-bond donors (Lipinski definition) is 0. The smallest absolute Gasteiger partial charge is 0.0101 e. The molecule has 0 N–H and O–H groups in total. The van der Waals surface area contributed by atoms with Gasteiger partial charge in [-0.25, -0.2) is 0 Å². The summed E-state index contributed by atoms with van der Waals surface area (Å²) in [7, 11) is 0. The molecule has 102 valence electrons. The monoisotopic (exact) mass is 262 g/mol. The van der Waals surface area contributed by atoms with Crippen molar-refractivity contribution in [2.75, 3.05) is 0 Å². The average Bonchev–Trinajstić information content (AvgIpc) is 2.80. The summed E-state index contributed by atoms with van der Waals surface area (Å²) in [5.41, 5.74) is 7.33. The van der Waals surface area contributed by atoms with E-state index in [1.54, 1.807) is 0 Å². The maximum absolute atomic E-state index is 2.34. The fraction of sp³-hybridized carbons (Fsp3) is 0.300. The number of allylic oxidation sites excluding steroid dienone is 14. The molecule has 0 aromatic rings. The van der Waals surface area contributed by atoms with Crippen molar-refractivity contribution in [1.29, 1.82) is 0 Å². The molecule has 0 saturated carbocycles. The van der Waals surface area contributed by atoms with Gasteiger partial charge in [-0.15, -0.1) is 0 Å². The van der Waals surface area contributed by atoms with Crippen molar-refractivity contribution in [2.45, 2.75) is 27.2 Å². The summed E-state index contributed by atoms with van der Waals surface area (Å²) in [4.78, 5) is 0. The highest BCUT2D eigenvalue weighted by atomic mass is 14.3. The second kappa shape index (κ2) is 5.28. The van der Waals surface area contributed by atoms with Gasteiger partial charge >= 0.3 is 0 Å². The zero-order chi connectivity index (χ0) is 14.1. The predicted octanol–water partition coefficient (Wildman–Crippen LogP) is 5.45. The topological polar surface area (TPSA) is 0 Å². The van der Waals surface area contributed by atoms with E-state index in [-0.39, 0.29) is 0 Å². The second-order valence-electron chi connectivity index (χ2n) is 5.51. The maximum Gasteiger partial charge on any atom is 0.0101 e. The lowest BCUT2D eigenvalue weighted by molar-refractivity contribution is 0.573. The molecule has 0 saturated heterocycles. The van der Waals surface area contributed by atoms with Crippen LogP contribution >= 0.6 is 0 Å². The van der Waals surface area contributed by atoms with Gasteiger partial charge in [0.2, 0.25) is 0 Å². The molecule has 0 aromatic carbocycles. The van der Waals surface area contributed by atoms with Crippen molar-refractivity contribution in [2.24, 2.45) is 11.8 Å². The number of hydrogen-bond acceptors (Lipinski definition) is 0. The molecule has 4 rings (SSSR count). The molecule has 0 amide bonds. The van der Waals surface area contributed by atoms with Crippen LogP contribution in [-0.2, 0) is 0 Å². The lowest BCUT2D eigenvalue weighted by atomic mass is 9.77. The van der Waals surface area contributed by atoms with Crippen LogP contribution in [0.2, 0.25) is 0 Å². The Morgan fingerprint density at radius 3 is 2.20 bits per heavy atom. The molecule has 0 radical (unpaired) electrons. The van der Waals surface area contributed by atoms with Gasteiger partial charge in [0.1, 0.15) is 0 Å². The third kappa shape index (κ3) is 2.00. The number of rotatable bonds is 0. The van der Waals surface area contributed by atoms with E-state index in [4.69, 9.17) is 0 Å². The summed E-state index contributed by atoms with van der Waals surface area (Å²) in [6.07, 6.45) is 21.8. The lowest BCUT2D eigenvalue weighted by Crippen LogP contribution is -2.14. The van der Waals surface area contributed by atoms with E-state index in [1.807, 2.05) is 13.8 Å². The lowest BCUT2D eigenvalue weighted by Gasteiger charge is -2.26. The van der Waals surface area contributed by atoms with Gasteiger partial charge in [0, 0.05) is 11.8 Å². The van der Waals surface area contributed by atoms with Crippen LogP contribution in [0.4, 0.5) is 0 Å². The first kappa shape index (κ1) is 13.2. The standard InChI is InChI=1S/C18H16.C2H6/c1-12-5-6-15-8-7-13-3-2-4-14-9-10-16(12)18(15)11-17(13)14;1-2/h2-10,17-18H,11H2,1H3;1-2H3. The molecule has 2 bridgehead atoms. The summed E-state index contributed by atoms with van der Waals surface area (Å²) >= 11 is 0. The second-order valence-corrected chi connectivity index (χ2v) is 5.51. The van der Waals surface area contributed by atoms with Gasteiger partial charge in [-0.05, 0) is 41.2 Å². The molecule has 0 heterocycles. The van der Waals surface area contributed by atoms with E-state index < -0.39 is 0 Å². The first-order valence-electron chi connectivity index (χ1n) is 7.70. The molecule has 4 aliphatic rings. The molecule has 2 atom stereocenters. The van der Waals surface area contributed by atoms with Gasteiger partial charge in [0.05, 0.1) is 0 Å². The summed E-state index contributed by atoms with van der Waals surface area (Å²) in [5, 5.41) is 0. The summed E-state index contributed by atoms with van der Waals surface area (Å²) < 4.78 is 0. The van der Waals surface area contributed by atoms with Crippen LogP contribution in [0, 0.1) is 11.8 Å². The van der Waals surface area contributed by atoms with Crippen molar-refractivity contribution in [3.63, 3.8) is 0 Å². The fourth-order valence-corrected chi connectivity index (χ4v) is 3.50. The normalized spacial score (nSPS) is 28.6. The van der Waals surface area contributed by atoms with E-state index >= 15 is 0 Å². The third-order valence-corrected chi connectivity index (χ3v) is 4.54. The van der Waals surface area contributed by atoms with Crippen LogP contribution in [0.3, 0.4) is 0 Å². The Balaban J connectivity index is 0.000000581. The molecular formula is C20H22. The van der Waals surface area contributed by atoms with E-state index in [1.165, 1.54) is 34.3 Å². The van der Waals surface area contributed by atoms with Crippen LogP contribution in [-0.4, -0.2) is 0 Å². The summed E-state index contributed by atoms with van der Waals surface area (Å²) in [6.45, 7) is 6.23. The Morgan fingerprint density at radius 1 is 0.750 bits per heavy atom. The molecule has 20 heavy (non-hydrogen) atoms. The molecule has 0 nitrogen and oxygen atoms in total. The minimum atomic E-state index is 0.585. The van der Waals surface area contributed by atoms with Gasteiger partial charge in [-0.1, -0.05) is 68.5 Å². The quantitative estimate of drug-likeness (QED) is 0.544. The Bertz CT molecular complexity index is 627. The Labute approximate surface area is 122 Å². The van der Waals surface area contributed by atoms with Crippen molar-refractivity contribution in [3.05, 3.63) is 82.5 Å². The highest BCUT2D eigenvalue weighted by molar-refractivity contribution is 5.56. The van der Waals surface area contributed by atoms with E-state index in [2.05, 4.69) is 61.6 Å². The van der Waals surface area contributed by atoms with Crippen molar-refractivity contribution < 1.29 is 0 Å². The Kier molecular flexibility index (Phi) is 3.48. The zero-order valence-electron chi connectivity index (χ0n) is 12.6. The minimum absolute atomic E-state index is 0.585. The first-order chi connectivity index (χ1) is 9.83. The van der Waals surface area contributed by atoms with Gasteiger partial charge in [0.15, 0.2) is 0 Å². The first-order valence-corrected chi connectivity index (χ1v) is 7.70. The SMILES string of the molecule is CC.CC1=C2C=CC3=CC=CC4=CC=C(C=C1)C2CC34. The molecule has 0 spiro atoms. The predicted molar refractivity (Wildman–Crippen MR) is 87.3 cm³/mol. The maximum atomic E-state index is 2.34. The average molecular weight is 262 g/mol. The third-order valence-electron chi connectivity index (χ3n) is 4.54. The van der Waals surface area contributed by atoms with Crippen molar-refractivity contribution in [3.8, 4) is 0 Å². The van der Waals surface area contributed by atoms with Crippen molar-refractivity contribution >= 4 is 0 Å². The van der Waals surface area contributed by atoms with Crippen LogP contribution in [0.25, 0.3) is 0 Å². The van der Waals surface area contributed by atoms with E-state index in [0.29, 0.717) is 11.8 Å². The minimum Gasteiger partial charge on any atom is -0.0683 e. The van der Waals surface area contributed by atoms with Gasteiger partial charge in [0.25, 0.3) is 0 Å². The Morgan fingerprint density at radius 2 is 1.40 bits per heavy atom. The van der Waals surface area contributed by atoms with E-state index in [0.717, 1.165) is 0 Å². The largest absolute Gasteiger partial charge is 0.0683 e. The van der Waals surface area contributed by atoms with E-state index in [9.17, 15) is 0 Å². The molecule has 2 unspecified atom stereocenters. The van der Waals surface area contributed by atoms with Gasteiger partial charge in [-0.3, -0.25) is 0 Å². The van der Waals surface area contributed by atoms with Crippen LogP contribution in [0.5, 0.6) is 0 Å². The summed E-state index contributed by atoms with van der Waals surface area (Å²) in [5.74, 6) is 1.17. The van der Waals surface area contributed by atoms with Crippen molar-refractivity contribution in [1.82, 2.24) is 0 Å². The molecule has 4 aliphatic carbocycles. The molecule has 0 fully saturated rings. The van der Waals surface area contributed by atoms with Crippen LogP contribution in [0.1, 0.15) is 27.2 Å². The van der Waals surface area contributed by atoms with Gasteiger partial charge in [-0.2, -0.15) is 0 Å².